The molecular weight excluding hydrogens is 265 g/mol. The van der Waals surface area contributed by atoms with E-state index in [4.69, 9.17) is 16.3 Å². The Labute approximate surface area is 118 Å². The molecule has 104 valence electrons. The van der Waals surface area contributed by atoms with Crippen LogP contribution in [0, 0.1) is 5.82 Å². The molecule has 4 heteroatoms. The molecule has 2 rings (SSSR count). The van der Waals surface area contributed by atoms with E-state index < -0.39 is 0 Å². The van der Waals surface area contributed by atoms with Crippen molar-refractivity contribution in [1.82, 2.24) is 5.32 Å². The van der Waals surface area contributed by atoms with Gasteiger partial charge in [0, 0.05) is 10.6 Å². The van der Waals surface area contributed by atoms with Crippen LogP contribution >= 0.6 is 11.6 Å². The van der Waals surface area contributed by atoms with Crippen LogP contribution in [0.2, 0.25) is 5.02 Å². The molecule has 0 aliphatic carbocycles. The van der Waals surface area contributed by atoms with Gasteiger partial charge < -0.3 is 10.1 Å². The van der Waals surface area contributed by atoms with Gasteiger partial charge >= 0.3 is 0 Å². The minimum Gasteiger partial charge on any atom is -0.497 e. The van der Waals surface area contributed by atoms with Gasteiger partial charge in [-0.1, -0.05) is 24.6 Å². The summed E-state index contributed by atoms with van der Waals surface area (Å²) < 4.78 is 19.5. The fourth-order valence-corrected chi connectivity index (χ4v) is 2.51. The van der Waals surface area contributed by atoms with Crippen LogP contribution in [0.3, 0.4) is 0 Å². The zero-order valence-electron chi connectivity index (χ0n) is 11.1. The quantitative estimate of drug-likeness (QED) is 0.890. The predicted octanol–water partition coefficient (Wildman–Crippen LogP) is 3.69. The van der Waals surface area contributed by atoms with Crippen LogP contribution in [0.1, 0.15) is 25.3 Å². The topological polar surface area (TPSA) is 21.3 Å². The molecule has 0 saturated heterocycles. The van der Waals surface area contributed by atoms with Crippen molar-refractivity contribution in [3.8, 4) is 0 Å². The highest BCUT2D eigenvalue weighted by atomic mass is 35.5. The average molecular weight is 284 g/mol. The molecule has 0 radical (unpaired) electrons. The van der Waals surface area contributed by atoms with Crippen LogP contribution in [0.4, 0.5) is 4.39 Å². The fourth-order valence-electron chi connectivity index (χ4n) is 2.27. The van der Waals surface area contributed by atoms with Crippen molar-refractivity contribution in [2.24, 2.45) is 0 Å². The molecule has 2 nitrogen and oxygen atoms in total. The summed E-state index contributed by atoms with van der Waals surface area (Å²) in [5, 5.41) is 3.81. The second-order valence-electron chi connectivity index (χ2n) is 4.61. The monoisotopic (exact) mass is 283 g/mol. The van der Waals surface area contributed by atoms with Gasteiger partial charge in [0.05, 0.1) is 12.6 Å². The highest BCUT2D eigenvalue weighted by molar-refractivity contribution is 6.31. The van der Waals surface area contributed by atoms with Gasteiger partial charge in [0.2, 0.25) is 0 Å². The first kappa shape index (κ1) is 14.4. The molecule has 1 heterocycles. The molecule has 0 spiro atoms. The molecule has 0 fully saturated rings. The fraction of sp³-hybridized carbons (Fsp3) is 0.467. The summed E-state index contributed by atoms with van der Waals surface area (Å²) in [4.78, 5) is 0. The summed E-state index contributed by atoms with van der Waals surface area (Å²) in [5.74, 6) is 0.652. The van der Waals surface area contributed by atoms with Crippen molar-refractivity contribution in [3.63, 3.8) is 0 Å². The summed E-state index contributed by atoms with van der Waals surface area (Å²) in [7, 11) is 0. The van der Waals surface area contributed by atoms with Gasteiger partial charge in [-0.25, -0.2) is 4.39 Å². The van der Waals surface area contributed by atoms with E-state index in [2.05, 4.69) is 11.4 Å². The second-order valence-corrected chi connectivity index (χ2v) is 5.02. The Morgan fingerprint density at radius 3 is 2.95 bits per heavy atom. The zero-order valence-corrected chi connectivity index (χ0v) is 11.8. The van der Waals surface area contributed by atoms with Gasteiger partial charge in [-0.15, -0.1) is 0 Å². The van der Waals surface area contributed by atoms with E-state index in [-0.39, 0.29) is 11.9 Å². The minimum atomic E-state index is -0.258. The molecule has 0 bridgehead atoms. The Bertz CT molecular complexity index is 441. The Balaban J connectivity index is 2.18. The molecule has 1 unspecified atom stereocenters. The number of hydrogen-bond donors (Lipinski definition) is 1. The second kappa shape index (κ2) is 6.92. The third kappa shape index (κ3) is 3.71. The molecule has 1 aliphatic rings. The van der Waals surface area contributed by atoms with Crippen molar-refractivity contribution >= 4 is 11.6 Å². The van der Waals surface area contributed by atoms with Crippen molar-refractivity contribution in [1.29, 1.82) is 0 Å². The number of halogens is 2. The summed E-state index contributed by atoms with van der Waals surface area (Å²) >= 11 is 6.08. The third-order valence-corrected chi connectivity index (χ3v) is 3.58. The molecule has 1 aliphatic heterocycles. The number of nitrogens with one attached hydrogen (secondary N) is 1. The maximum Gasteiger partial charge on any atom is 0.127 e. The molecule has 0 amide bonds. The number of allylic oxidation sites excluding steroid dienone is 1. The third-order valence-electron chi connectivity index (χ3n) is 3.23. The van der Waals surface area contributed by atoms with Crippen LogP contribution in [-0.2, 0) is 11.2 Å². The summed E-state index contributed by atoms with van der Waals surface area (Å²) in [6.07, 6.45) is 4.65. The first-order chi connectivity index (χ1) is 9.22. The van der Waals surface area contributed by atoms with Gasteiger partial charge in [-0.3, -0.25) is 0 Å². The van der Waals surface area contributed by atoms with E-state index in [1.54, 1.807) is 12.1 Å². The Kier molecular flexibility index (Phi) is 5.23. The molecule has 0 saturated carbocycles. The smallest absolute Gasteiger partial charge is 0.127 e. The number of hydrogen-bond acceptors (Lipinski definition) is 2. The number of rotatable bonds is 5. The zero-order chi connectivity index (χ0) is 13.7. The van der Waals surface area contributed by atoms with Crippen molar-refractivity contribution in [2.45, 2.75) is 32.2 Å². The Morgan fingerprint density at radius 2 is 2.32 bits per heavy atom. The lowest BCUT2D eigenvalue weighted by molar-refractivity contribution is 0.167. The number of ether oxygens (including phenoxy) is 1. The maximum absolute atomic E-state index is 13.8. The summed E-state index contributed by atoms with van der Waals surface area (Å²) in [5.41, 5.74) is 0.546. The van der Waals surface area contributed by atoms with Gasteiger partial charge in [0.1, 0.15) is 11.6 Å². The van der Waals surface area contributed by atoms with Crippen LogP contribution in [0.15, 0.2) is 30.0 Å². The lowest BCUT2D eigenvalue weighted by Crippen LogP contribution is -2.35. The SMILES string of the molecule is CCNC(Cc1c(F)cccc1Cl)C1=CCCCO1. The predicted molar refractivity (Wildman–Crippen MR) is 75.8 cm³/mol. The van der Waals surface area contributed by atoms with Gasteiger partial charge in [-0.05, 0) is 44.0 Å². The minimum absolute atomic E-state index is 0.0142. The Hall–Kier alpha value is -1.06. The first-order valence-corrected chi connectivity index (χ1v) is 7.09. The molecule has 1 N–H and O–H groups in total. The molecule has 19 heavy (non-hydrogen) atoms. The van der Waals surface area contributed by atoms with Crippen LogP contribution in [-0.4, -0.2) is 19.2 Å². The van der Waals surface area contributed by atoms with Crippen LogP contribution < -0.4 is 5.32 Å². The van der Waals surface area contributed by atoms with Crippen molar-refractivity contribution in [3.05, 3.63) is 46.4 Å². The molecule has 0 aromatic heterocycles. The summed E-state index contributed by atoms with van der Waals surface area (Å²) in [6, 6.07) is 4.78. The number of benzene rings is 1. The van der Waals surface area contributed by atoms with E-state index >= 15 is 0 Å². The lowest BCUT2D eigenvalue weighted by Gasteiger charge is -2.25. The van der Waals surface area contributed by atoms with Gasteiger partial charge in [-0.2, -0.15) is 0 Å². The van der Waals surface area contributed by atoms with Crippen LogP contribution in [0.25, 0.3) is 0 Å². The van der Waals surface area contributed by atoms with E-state index in [0.29, 0.717) is 17.0 Å². The average Bonchev–Trinajstić information content (AvgIpc) is 2.43. The van der Waals surface area contributed by atoms with E-state index in [9.17, 15) is 4.39 Å². The van der Waals surface area contributed by atoms with Crippen molar-refractivity contribution < 1.29 is 9.13 Å². The lowest BCUT2D eigenvalue weighted by atomic mass is 10.0. The van der Waals surface area contributed by atoms with E-state index in [1.807, 2.05) is 6.92 Å². The highest BCUT2D eigenvalue weighted by Gasteiger charge is 2.20. The largest absolute Gasteiger partial charge is 0.497 e. The van der Waals surface area contributed by atoms with E-state index in [0.717, 1.165) is 31.8 Å². The molecular formula is C15H19ClFNO. The first-order valence-electron chi connectivity index (χ1n) is 6.71. The maximum atomic E-state index is 13.8. The molecule has 1 aromatic carbocycles. The van der Waals surface area contributed by atoms with Gasteiger partial charge in [0.15, 0.2) is 0 Å². The van der Waals surface area contributed by atoms with Crippen LogP contribution in [0.5, 0.6) is 0 Å². The summed E-state index contributed by atoms with van der Waals surface area (Å²) in [6.45, 7) is 3.56. The normalized spacial score (nSPS) is 16.7. The standard InChI is InChI=1S/C15H19ClFNO/c1-2-18-14(15-8-3-4-9-19-15)10-11-12(16)6-5-7-13(11)17/h5-8,14,18H,2-4,9-10H2,1H3. The Morgan fingerprint density at radius 1 is 1.47 bits per heavy atom. The molecule has 1 atom stereocenters. The highest BCUT2D eigenvalue weighted by Crippen LogP contribution is 2.24. The van der Waals surface area contributed by atoms with Crippen molar-refractivity contribution in [2.75, 3.05) is 13.2 Å². The molecule has 1 aromatic rings. The number of likely N-dealkylation sites (N-methyl/N-ethyl adjacent to an activating group) is 1. The van der Waals surface area contributed by atoms with E-state index in [1.165, 1.54) is 6.07 Å². The van der Waals surface area contributed by atoms with Gasteiger partial charge in [0.25, 0.3) is 0 Å².